The molecule has 33 heavy (non-hydrogen) atoms. The van der Waals surface area contributed by atoms with Crippen LogP contribution in [0.3, 0.4) is 0 Å². The molecule has 3 rings (SSSR count). The summed E-state index contributed by atoms with van der Waals surface area (Å²) in [5, 5.41) is 5.04. The third-order valence-corrected chi connectivity index (χ3v) is 6.72. The lowest BCUT2D eigenvalue weighted by atomic mass is 10.2. The minimum atomic E-state index is -4.05. The summed E-state index contributed by atoms with van der Waals surface area (Å²) >= 11 is 0. The van der Waals surface area contributed by atoms with E-state index in [2.05, 4.69) is 10.6 Å². The van der Waals surface area contributed by atoms with E-state index in [9.17, 15) is 21.6 Å². The highest BCUT2D eigenvalue weighted by molar-refractivity contribution is 7.87. The number of benzene rings is 3. The second kappa shape index (κ2) is 9.92. The second-order valence-corrected chi connectivity index (χ2v) is 10.3. The summed E-state index contributed by atoms with van der Waals surface area (Å²) < 4.78 is 58.6. The third kappa shape index (κ3) is 6.70. The SMILES string of the molecule is CCS(=O)(=O)Oc1ccccc1NC(=O)Nc1cccc(OS(=O)(=O)c2ccc(C)cc2)c1. The predicted molar refractivity (Wildman–Crippen MR) is 125 cm³/mol. The summed E-state index contributed by atoms with van der Waals surface area (Å²) in [6.07, 6.45) is 0. The van der Waals surface area contributed by atoms with Gasteiger partial charge in [0.2, 0.25) is 0 Å². The van der Waals surface area contributed by atoms with Crippen LogP contribution in [0.1, 0.15) is 12.5 Å². The highest BCUT2D eigenvalue weighted by Crippen LogP contribution is 2.26. The van der Waals surface area contributed by atoms with Gasteiger partial charge in [-0.3, -0.25) is 0 Å². The number of hydrogen-bond acceptors (Lipinski definition) is 7. The van der Waals surface area contributed by atoms with Gasteiger partial charge in [-0.15, -0.1) is 0 Å². The van der Waals surface area contributed by atoms with Crippen LogP contribution in [0.15, 0.2) is 77.7 Å². The summed E-state index contributed by atoms with van der Waals surface area (Å²) in [6.45, 7) is 3.27. The Labute approximate surface area is 192 Å². The van der Waals surface area contributed by atoms with Crippen molar-refractivity contribution in [3.63, 3.8) is 0 Å². The average Bonchev–Trinajstić information content (AvgIpc) is 2.75. The zero-order valence-electron chi connectivity index (χ0n) is 17.8. The van der Waals surface area contributed by atoms with Crippen molar-refractivity contribution in [1.82, 2.24) is 0 Å². The van der Waals surface area contributed by atoms with Crippen molar-refractivity contribution < 1.29 is 30.0 Å². The molecule has 2 amide bonds. The molecule has 0 aromatic heterocycles. The Balaban J connectivity index is 1.71. The molecule has 2 N–H and O–H groups in total. The molecule has 0 radical (unpaired) electrons. The molecule has 174 valence electrons. The van der Waals surface area contributed by atoms with Gasteiger partial charge in [0, 0.05) is 11.8 Å². The van der Waals surface area contributed by atoms with Crippen LogP contribution in [-0.2, 0) is 20.2 Å². The average molecular weight is 491 g/mol. The number of urea groups is 1. The van der Waals surface area contributed by atoms with Gasteiger partial charge in [-0.05, 0) is 50.2 Å². The molecule has 9 nitrogen and oxygen atoms in total. The zero-order valence-corrected chi connectivity index (χ0v) is 19.4. The molecule has 11 heteroatoms. The number of aryl methyl sites for hydroxylation is 1. The predicted octanol–water partition coefficient (Wildman–Crippen LogP) is 4.14. The number of hydrogen-bond donors (Lipinski definition) is 2. The molecule has 0 spiro atoms. The maximum absolute atomic E-state index is 12.5. The van der Waals surface area contributed by atoms with Crippen LogP contribution in [0.2, 0.25) is 0 Å². The molecule has 0 atom stereocenters. The molecule has 3 aromatic carbocycles. The maximum Gasteiger partial charge on any atom is 0.339 e. The lowest BCUT2D eigenvalue weighted by Crippen LogP contribution is -2.21. The van der Waals surface area contributed by atoms with Gasteiger partial charge in [-0.2, -0.15) is 16.8 Å². The van der Waals surface area contributed by atoms with Gasteiger partial charge in [0.25, 0.3) is 0 Å². The first kappa shape index (κ1) is 24.1. The van der Waals surface area contributed by atoms with Crippen molar-refractivity contribution in [2.45, 2.75) is 18.7 Å². The Hall–Kier alpha value is -3.57. The van der Waals surface area contributed by atoms with E-state index in [1.54, 1.807) is 24.3 Å². The van der Waals surface area contributed by atoms with E-state index in [-0.39, 0.29) is 33.5 Å². The number of amides is 2. The maximum atomic E-state index is 12.5. The molecule has 0 unspecified atom stereocenters. The Morgan fingerprint density at radius 2 is 1.55 bits per heavy atom. The van der Waals surface area contributed by atoms with E-state index in [1.165, 1.54) is 55.5 Å². The lowest BCUT2D eigenvalue weighted by Gasteiger charge is -2.13. The molecule has 0 aliphatic rings. The minimum Gasteiger partial charge on any atom is -0.380 e. The number of rotatable bonds is 8. The molecule has 0 bridgehead atoms. The van der Waals surface area contributed by atoms with Gasteiger partial charge >= 0.3 is 26.3 Å². The quantitative estimate of drug-likeness (QED) is 0.454. The first-order valence-electron chi connectivity index (χ1n) is 9.78. The summed E-state index contributed by atoms with van der Waals surface area (Å²) in [6, 6.07) is 17.4. The van der Waals surface area contributed by atoms with Crippen LogP contribution >= 0.6 is 0 Å². The first-order valence-corrected chi connectivity index (χ1v) is 12.8. The minimum absolute atomic E-state index is 0.00263. The fourth-order valence-corrected chi connectivity index (χ4v) is 4.09. The van der Waals surface area contributed by atoms with Crippen molar-refractivity contribution >= 4 is 37.6 Å². The molecule has 3 aromatic rings. The van der Waals surface area contributed by atoms with Crippen molar-refractivity contribution in [1.29, 1.82) is 0 Å². The van der Waals surface area contributed by atoms with Crippen molar-refractivity contribution in [2.24, 2.45) is 0 Å². The fraction of sp³-hybridized carbons (Fsp3) is 0.136. The fourth-order valence-electron chi connectivity index (χ4n) is 2.63. The summed E-state index contributed by atoms with van der Waals surface area (Å²) in [4.78, 5) is 12.4. The standard InChI is InChI=1S/C22H22N2O7S2/c1-3-32(26,27)31-21-10-5-4-9-20(21)24-22(25)23-17-7-6-8-18(15-17)30-33(28,29)19-13-11-16(2)12-14-19/h4-15H,3H2,1-2H3,(H2,23,24,25). The van der Waals surface area contributed by atoms with E-state index in [0.717, 1.165) is 5.56 Å². The van der Waals surface area contributed by atoms with E-state index in [1.807, 2.05) is 6.92 Å². The number of nitrogens with one attached hydrogen (secondary N) is 2. The normalized spacial score (nSPS) is 11.5. The number of anilines is 2. The van der Waals surface area contributed by atoms with Gasteiger partial charge in [-0.1, -0.05) is 35.9 Å². The van der Waals surface area contributed by atoms with Gasteiger partial charge in [-0.25, -0.2) is 4.79 Å². The van der Waals surface area contributed by atoms with Crippen LogP contribution in [0.4, 0.5) is 16.2 Å². The van der Waals surface area contributed by atoms with E-state index < -0.39 is 26.3 Å². The number of para-hydroxylation sites is 2. The molecule has 0 saturated carbocycles. The molecule has 0 aliphatic heterocycles. The van der Waals surface area contributed by atoms with Crippen LogP contribution in [0, 0.1) is 6.92 Å². The van der Waals surface area contributed by atoms with Crippen LogP contribution < -0.4 is 19.0 Å². The van der Waals surface area contributed by atoms with Crippen LogP contribution in [0.25, 0.3) is 0 Å². The third-order valence-electron chi connectivity index (χ3n) is 4.31. The largest absolute Gasteiger partial charge is 0.380 e. The lowest BCUT2D eigenvalue weighted by molar-refractivity contribution is 0.262. The van der Waals surface area contributed by atoms with E-state index in [0.29, 0.717) is 0 Å². The summed E-state index contributed by atoms with van der Waals surface area (Å²) in [5.74, 6) is -0.256. The molecule has 0 saturated heterocycles. The van der Waals surface area contributed by atoms with Crippen molar-refractivity contribution in [2.75, 3.05) is 16.4 Å². The molecule has 0 aliphatic carbocycles. The Bertz CT molecular complexity index is 1350. The van der Waals surface area contributed by atoms with E-state index in [4.69, 9.17) is 8.37 Å². The first-order chi connectivity index (χ1) is 15.6. The van der Waals surface area contributed by atoms with Crippen LogP contribution in [0.5, 0.6) is 11.5 Å². The number of carbonyl (C=O) groups excluding carboxylic acids is 1. The van der Waals surface area contributed by atoms with E-state index >= 15 is 0 Å². The van der Waals surface area contributed by atoms with Gasteiger partial charge < -0.3 is 19.0 Å². The van der Waals surface area contributed by atoms with Crippen LogP contribution in [-0.4, -0.2) is 28.6 Å². The smallest absolute Gasteiger partial charge is 0.339 e. The highest BCUT2D eigenvalue weighted by atomic mass is 32.2. The summed E-state index contributed by atoms with van der Waals surface area (Å²) in [7, 11) is -7.83. The molecule has 0 heterocycles. The second-order valence-electron chi connectivity index (χ2n) is 6.88. The summed E-state index contributed by atoms with van der Waals surface area (Å²) in [5.41, 5.74) is 1.30. The molecule has 0 fully saturated rings. The monoisotopic (exact) mass is 490 g/mol. The van der Waals surface area contributed by atoms with Gasteiger partial charge in [0.05, 0.1) is 11.4 Å². The van der Waals surface area contributed by atoms with Crippen molar-refractivity contribution in [3.05, 3.63) is 78.4 Å². The Kier molecular flexibility index (Phi) is 7.24. The van der Waals surface area contributed by atoms with Gasteiger partial charge in [0.15, 0.2) is 5.75 Å². The Morgan fingerprint density at radius 1 is 0.848 bits per heavy atom. The van der Waals surface area contributed by atoms with Gasteiger partial charge in [0.1, 0.15) is 10.6 Å². The molecular weight excluding hydrogens is 468 g/mol. The number of carbonyl (C=O) groups is 1. The zero-order chi connectivity index (χ0) is 24.1. The highest BCUT2D eigenvalue weighted by Gasteiger charge is 2.17. The van der Waals surface area contributed by atoms with Crippen molar-refractivity contribution in [3.8, 4) is 11.5 Å². The molecular formula is C22H22N2O7S2. The Morgan fingerprint density at radius 3 is 2.24 bits per heavy atom. The topological polar surface area (TPSA) is 128 Å².